The van der Waals surface area contributed by atoms with Crippen molar-refractivity contribution in [1.82, 2.24) is 46.8 Å². The van der Waals surface area contributed by atoms with E-state index in [2.05, 4.69) is 48.5 Å². The number of primary amides is 3. The zero-order valence-corrected chi connectivity index (χ0v) is 43.7. The zero-order valence-electron chi connectivity index (χ0n) is 42.9. The van der Waals surface area contributed by atoms with Crippen LogP contribution in [0.1, 0.15) is 65.9 Å². The number of carbonyl (C=O) groups is 11. The summed E-state index contributed by atoms with van der Waals surface area (Å²) in [4.78, 5) is 142. The predicted molar refractivity (Wildman–Crippen MR) is 270 cm³/mol. The first-order chi connectivity index (χ1) is 35.5. The number of nitrogens with one attached hydrogen (secondary N) is 8. The lowest BCUT2D eigenvalue weighted by atomic mass is 9.97. The molecule has 0 radical (unpaired) electrons. The molecule has 0 fully saturated rings. The molecule has 0 aliphatic carbocycles. The highest BCUT2D eigenvalue weighted by Gasteiger charge is 2.39. The first-order valence-electron chi connectivity index (χ1n) is 23.9. The number of terminal acetylenes is 1. The van der Waals surface area contributed by atoms with Gasteiger partial charge < -0.3 is 80.8 Å². The van der Waals surface area contributed by atoms with E-state index in [0.717, 1.165) is 0 Å². The Morgan fingerprint density at radius 3 is 1.67 bits per heavy atom. The Balaban J connectivity index is 3.29. The third-order valence-electron chi connectivity index (χ3n) is 11.3. The van der Waals surface area contributed by atoms with Gasteiger partial charge in [-0.2, -0.15) is 4.31 Å². The second kappa shape index (κ2) is 32.9. The smallest absolute Gasteiger partial charge is 0.243 e. The molecule has 1 rings (SSSR count). The van der Waals surface area contributed by atoms with Crippen LogP contribution in [0.25, 0.3) is 0 Å². The fraction of sp³-hybridized carbons (Fsp3) is 0.587. The van der Waals surface area contributed by atoms with E-state index in [9.17, 15) is 76.5 Å². The Morgan fingerprint density at radius 1 is 0.658 bits per heavy atom. The van der Waals surface area contributed by atoms with Crippen LogP contribution in [0.5, 0.6) is 0 Å². The summed E-state index contributed by atoms with van der Waals surface area (Å²) in [5.74, 6) is -11.1. The largest absolute Gasteiger partial charge is 0.394 e. The van der Waals surface area contributed by atoms with Crippen molar-refractivity contribution in [2.45, 2.75) is 121 Å². The molecule has 10 atom stereocenters. The molecular weight excluding hydrogens is 1020 g/mol. The maximum atomic E-state index is 14.0. The van der Waals surface area contributed by atoms with Gasteiger partial charge in [-0.1, -0.05) is 70.4 Å². The molecule has 1 aromatic rings. The number of nitrogens with zero attached hydrogens (tertiary/aromatic N) is 1. The quantitative estimate of drug-likeness (QED) is 0.0281. The molecule has 0 aliphatic rings. The van der Waals surface area contributed by atoms with E-state index >= 15 is 0 Å². The molecule has 0 aliphatic heterocycles. The first-order valence-corrected chi connectivity index (χ1v) is 25.5. The lowest BCUT2D eigenvalue weighted by Gasteiger charge is -2.31. The lowest BCUT2D eigenvalue weighted by molar-refractivity contribution is -0.136. The number of hydrogen-bond acceptors (Lipinski definition) is 17. The molecule has 29 nitrogen and oxygen atoms in total. The van der Waals surface area contributed by atoms with Gasteiger partial charge in [0.1, 0.15) is 48.3 Å². The molecule has 30 heteroatoms. The molecule has 76 heavy (non-hydrogen) atoms. The molecule has 0 spiro atoms. The van der Waals surface area contributed by atoms with Crippen LogP contribution in [0.3, 0.4) is 0 Å². The highest BCUT2D eigenvalue weighted by Crippen LogP contribution is 2.16. The van der Waals surface area contributed by atoms with Crippen LogP contribution < -0.4 is 65.5 Å². The number of rotatable bonds is 35. The molecule has 19 N–H and O–H groups in total. The van der Waals surface area contributed by atoms with Crippen LogP contribution in [0.2, 0.25) is 0 Å². The molecule has 1 aromatic carbocycles. The van der Waals surface area contributed by atoms with Crippen molar-refractivity contribution in [2.24, 2.45) is 34.8 Å². The highest BCUT2D eigenvalue weighted by molar-refractivity contribution is 7.89. The maximum Gasteiger partial charge on any atom is 0.243 e. The normalized spacial score (nSPS) is 15.2. The maximum absolute atomic E-state index is 14.0. The monoisotopic (exact) mass is 1100 g/mol. The zero-order chi connectivity index (χ0) is 58.0. The summed E-state index contributed by atoms with van der Waals surface area (Å²) < 4.78 is 28.3. The van der Waals surface area contributed by atoms with Gasteiger partial charge in [0.15, 0.2) is 0 Å². The molecule has 0 unspecified atom stereocenters. The Morgan fingerprint density at radius 2 is 1.20 bits per heavy atom. The summed E-state index contributed by atoms with van der Waals surface area (Å²) in [6.07, 6.45) is 3.92. The average Bonchev–Trinajstić information content (AvgIpc) is 3.34. The molecule has 0 heterocycles. The van der Waals surface area contributed by atoms with E-state index in [0.29, 0.717) is 16.3 Å². The highest BCUT2D eigenvalue weighted by atomic mass is 32.2. The molecule has 424 valence electrons. The molecule has 0 saturated carbocycles. The van der Waals surface area contributed by atoms with Crippen molar-refractivity contribution in [2.75, 3.05) is 38.7 Å². The van der Waals surface area contributed by atoms with Crippen LogP contribution >= 0.6 is 0 Å². The summed E-state index contributed by atoms with van der Waals surface area (Å²) in [6.45, 7) is 3.66. The van der Waals surface area contributed by atoms with Gasteiger partial charge >= 0.3 is 0 Å². The summed E-state index contributed by atoms with van der Waals surface area (Å²) >= 11 is 0. The minimum Gasteiger partial charge on any atom is -0.394 e. The van der Waals surface area contributed by atoms with Gasteiger partial charge in [-0.3, -0.25) is 52.7 Å². The van der Waals surface area contributed by atoms with Crippen molar-refractivity contribution in [3.8, 4) is 12.3 Å². The van der Waals surface area contributed by atoms with Crippen molar-refractivity contribution in [3.05, 3.63) is 35.9 Å². The minimum atomic E-state index is -4.63. The van der Waals surface area contributed by atoms with E-state index in [-0.39, 0.29) is 18.8 Å². The van der Waals surface area contributed by atoms with E-state index in [1.165, 1.54) is 6.92 Å². The van der Waals surface area contributed by atoms with Gasteiger partial charge in [0, 0.05) is 12.5 Å². The average molecular weight is 1100 g/mol. The number of aliphatic hydroxyl groups is 3. The molecule has 0 aromatic heterocycles. The second-order valence-electron chi connectivity index (χ2n) is 18.1. The van der Waals surface area contributed by atoms with E-state index in [1.54, 1.807) is 58.0 Å². The Labute approximate surface area is 439 Å². The van der Waals surface area contributed by atoms with Gasteiger partial charge in [-0.15, -0.1) is 6.42 Å². The van der Waals surface area contributed by atoms with Gasteiger partial charge in [-0.05, 0) is 30.7 Å². The topological polar surface area (TPSA) is 486 Å². The SMILES string of the molecule is C#CCN([C@@H](CO)C(=O)N[C@@H](CO)C(N)=O)S(=O)(=O)C[C@H](CC(C)C)NC(=O)[C@@H](NC(=O)[C@H](C)NC(=O)CNC(=O)[C@H](Cc1ccccc1)NC(=O)[C@H](CC(N)=O)NC(=O)[C@H](CC(N)=O)NC(=O)[C@@H](N)CO)[C@@H](C)CC. The summed E-state index contributed by atoms with van der Waals surface area (Å²) in [5, 5.41) is 47.4. The van der Waals surface area contributed by atoms with Crippen molar-refractivity contribution < 1.29 is 76.5 Å². The molecular formula is C46H73N13O16S. The third kappa shape index (κ3) is 23.1. The molecule has 0 saturated heterocycles. The number of hydrogen-bond donors (Lipinski definition) is 15. The standard InChI is InChI=1S/C46H73N13O16S/c1-7-14-59(34(22-62)45(72)57-33(21-61)39(50)66)76(74,75)23-28(15-24(3)4)53-46(73)38(25(5)8-2)58-40(67)26(6)52-37(65)19-51-42(69)30(16-27-12-10-9-11-13-27)55-44(71)32(18-36(49)64)56-43(70)31(17-35(48)63)54-41(68)29(47)20-60/h1,9-13,24-26,28-34,38,60-62H,8,14-23,47H2,2-6H3,(H2,48,63)(H2,49,64)(H2,50,66)(H,51,69)(H,52,65)(H,53,73)(H,54,68)(H,55,71)(H,56,70)(H,57,72)(H,58,67)/t25-,26-,28-,29-,30-,31-,32-,33-,34-,38-/m0/s1. The van der Waals surface area contributed by atoms with E-state index < -0.39 is 187 Å². The van der Waals surface area contributed by atoms with Gasteiger partial charge in [0.2, 0.25) is 75.0 Å². The fourth-order valence-corrected chi connectivity index (χ4v) is 8.81. The minimum absolute atomic E-state index is 0.0429. The van der Waals surface area contributed by atoms with Crippen LogP contribution in [0.15, 0.2) is 30.3 Å². The van der Waals surface area contributed by atoms with E-state index in [1.807, 2.05) is 0 Å². The van der Waals surface area contributed by atoms with E-state index in [4.69, 9.17) is 29.4 Å². The van der Waals surface area contributed by atoms with Crippen LogP contribution in [-0.2, 0) is 69.2 Å². The molecule has 11 amide bonds. The third-order valence-corrected chi connectivity index (χ3v) is 13.2. The summed E-state index contributed by atoms with van der Waals surface area (Å²) in [6, 6.07) is -5.79. The van der Waals surface area contributed by atoms with Gasteiger partial charge in [-0.25, -0.2) is 8.42 Å². The number of nitrogens with two attached hydrogens (primary N) is 4. The van der Waals surface area contributed by atoms with Gasteiger partial charge in [0.25, 0.3) is 0 Å². The Kier molecular flexibility index (Phi) is 28.9. The van der Waals surface area contributed by atoms with Crippen molar-refractivity contribution >= 4 is 75.0 Å². The second-order valence-corrected chi connectivity index (χ2v) is 20.1. The van der Waals surface area contributed by atoms with Gasteiger partial charge in [0.05, 0.1) is 51.5 Å². The van der Waals surface area contributed by atoms with Crippen molar-refractivity contribution in [1.29, 1.82) is 0 Å². The Hall–Kier alpha value is -7.30. The number of carbonyl (C=O) groups excluding carboxylic acids is 11. The number of sulfonamides is 1. The first kappa shape index (κ1) is 66.7. The number of aliphatic hydroxyl groups excluding tert-OH is 3. The number of benzene rings is 1. The lowest BCUT2D eigenvalue weighted by Crippen LogP contribution is -2.60. The summed E-state index contributed by atoms with van der Waals surface area (Å²) in [7, 11) is -4.63. The Bertz CT molecular complexity index is 2350. The number of amides is 11. The van der Waals surface area contributed by atoms with Crippen LogP contribution in [0.4, 0.5) is 0 Å². The summed E-state index contributed by atoms with van der Waals surface area (Å²) in [5.41, 5.74) is 21.7. The van der Waals surface area contributed by atoms with Crippen LogP contribution in [0, 0.1) is 24.2 Å². The molecule has 0 bridgehead atoms. The predicted octanol–water partition coefficient (Wildman–Crippen LogP) is -7.98. The van der Waals surface area contributed by atoms with Crippen LogP contribution in [-0.4, -0.2) is 186 Å². The van der Waals surface area contributed by atoms with Crippen molar-refractivity contribution in [3.63, 3.8) is 0 Å². The fourth-order valence-electron chi connectivity index (χ4n) is 7.07.